The third-order valence-corrected chi connectivity index (χ3v) is 5.18. The molecule has 0 aliphatic carbocycles. The van der Waals surface area contributed by atoms with Gasteiger partial charge in [-0.25, -0.2) is 4.39 Å². The number of thiophene rings is 1. The highest BCUT2D eigenvalue weighted by Crippen LogP contribution is 2.47. The Hall–Kier alpha value is -0.270. The van der Waals surface area contributed by atoms with Crippen molar-refractivity contribution in [3.63, 3.8) is 0 Å². The molecule has 0 saturated carbocycles. The maximum Gasteiger partial charge on any atom is 0.446 e. The van der Waals surface area contributed by atoms with Gasteiger partial charge in [0.05, 0.1) is 4.70 Å². The molecule has 17 heavy (non-hydrogen) atoms. The van der Waals surface area contributed by atoms with Crippen molar-refractivity contribution in [2.45, 2.75) is 17.3 Å². The lowest BCUT2D eigenvalue weighted by Crippen LogP contribution is -1.99. The molecule has 1 aromatic heterocycles. The third-order valence-electron chi connectivity index (χ3n) is 2.05. The third kappa shape index (κ3) is 2.77. The number of fused-ring (bicyclic) bond motifs is 1. The first-order valence-electron chi connectivity index (χ1n) is 4.42. The van der Waals surface area contributed by atoms with Gasteiger partial charge >= 0.3 is 5.51 Å². The summed E-state index contributed by atoms with van der Waals surface area (Å²) < 4.78 is 51.5. The van der Waals surface area contributed by atoms with Crippen LogP contribution in [0, 0.1) is 12.7 Å². The summed E-state index contributed by atoms with van der Waals surface area (Å²) in [7, 11) is 0. The molecule has 0 N–H and O–H groups in total. The van der Waals surface area contributed by atoms with Crippen LogP contribution >= 0.6 is 39.0 Å². The summed E-state index contributed by atoms with van der Waals surface area (Å²) in [6, 6.07) is 2.39. The first-order valence-corrected chi connectivity index (χ1v) is 6.84. The number of hydrogen-bond donors (Lipinski definition) is 0. The summed E-state index contributed by atoms with van der Waals surface area (Å²) in [4.78, 5) is 0.617. The quantitative estimate of drug-likeness (QED) is 0.470. The van der Waals surface area contributed by atoms with E-state index in [1.54, 1.807) is 6.92 Å². The average molecular weight is 345 g/mol. The molecule has 0 bridgehead atoms. The van der Waals surface area contributed by atoms with E-state index in [0.29, 0.717) is 19.4 Å². The summed E-state index contributed by atoms with van der Waals surface area (Å²) in [5.41, 5.74) is -4.36. The SMILES string of the molecule is Cc1sc2c(Br)cc(F)cc2c1SC(F)(F)F. The molecule has 2 aromatic rings. The maximum absolute atomic E-state index is 13.2. The first kappa shape index (κ1) is 13.2. The highest BCUT2D eigenvalue weighted by molar-refractivity contribution is 9.10. The fourth-order valence-electron chi connectivity index (χ4n) is 1.46. The van der Waals surface area contributed by atoms with Crippen molar-refractivity contribution in [2.75, 3.05) is 0 Å². The van der Waals surface area contributed by atoms with Crippen LogP contribution < -0.4 is 0 Å². The molecule has 0 atom stereocenters. The van der Waals surface area contributed by atoms with E-state index in [1.807, 2.05) is 0 Å². The number of alkyl halides is 3. The Balaban J connectivity index is 2.66. The largest absolute Gasteiger partial charge is 0.446 e. The summed E-state index contributed by atoms with van der Waals surface area (Å²) in [6.07, 6.45) is 0. The van der Waals surface area contributed by atoms with Gasteiger partial charge in [-0.15, -0.1) is 11.3 Å². The van der Waals surface area contributed by atoms with E-state index in [0.717, 1.165) is 6.07 Å². The van der Waals surface area contributed by atoms with Crippen LogP contribution in [0.5, 0.6) is 0 Å². The van der Waals surface area contributed by atoms with E-state index in [4.69, 9.17) is 0 Å². The Morgan fingerprint density at radius 2 is 1.94 bits per heavy atom. The number of aryl methyl sites for hydroxylation is 1. The monoisotopic (exact) mass is 344 g/mol. The van der Waals surface area contributed by atoms with Gasteiger partial charge in [-0.05, 0) is 46.7 Å². The smallest absolute Gasteiger partial charge is 0.207 e. The number of thioether (sulfide) groups is 1. The van der Waals surface area contributed by atoms with Crippen LogP contribution in [-0.4, -0.2) is 5.51 Å². The highest BCUT2D eigenvalue weighted by Gasteiger charge is 2.32. The van der Waals surface area contributed by atoms with E-state index >= 15 is 0 Å². The van der Waals surface area contributed by atoms with Gasteiger partial charge in [-0.3, -0.25) is 0 Å². The Morgan fingerprint density at radius 1 is 1.29 bits per heavy atom. The molecule has 0 spiro atoms. The van der Waals surface area contributed by atoms with E-state index in [9.17, 15) is 17.6 Å². The summed E-state index contributed by atoms with van der Waals surface area (Å²) in [5, 5.41) is 0.307. The fourth-order valence-corrected chi connectivity index (χ4v) is 4.04. The van der Waals surface area contributed by atoms with Crippen molar-refractivity contribution in [1.29, 1.82) is 0 Å². The molecule has 0 aliphatic rings. The van der Waals surface area contributed by atoms with Gasteiger partial charge in [-0.1, -0.05) is 0 Å². The molecule has 92 valence electrons. The van der Waals surface area contributed by atoms with Crippen molar-refractivity contribution in [3.8, 4) is 0 Å². The molecule has 7 heteroatoms. The van der Waals surface area contributed by atoms with E-state index < -0.39 is 11.3 Å². The zero-order valence-electron chi connectivity index (χ0n) is 8.36. The van der Waals surface area contributed by atoms with E-state index in [1.165, 1.54) is 17.4 Å². The Bertz CT molecular complexity index is 574. The predicted octanol–water partition coefficient (Wildman–Crippen LogP) is 5.72. The van der Waals surface area contributed by atoms with Gasteiger partial charge < -0.3 is 0 Å². The second kappa shape index (κ2) is 4.44. The Kier molecular flexibility index (Phi) is 3.44. The minimum atomic E-state index is -4.36. The van der Waals surface area contributed by atoms with Crippen LogP contribution in [0.2, 0.25) is 0 Å². The first-order chi connectivity index (χ1) is 7.78. The molecular weight excluding hydrogens is 340 g/mol. The number of rotatable bonds is 1. The van der Waals surface area contributed by atoms with Gasteiger partial charge in [0.1, 0.15) is 5.82 Å². The average Bonchev–Trinajstić information content (AvgIpc) is 2.43. The molecule has 0 amide bonds. The molecule has 0 unspecified atom stereocenters. The van der Waals surface area contributed by atoms with Crippen LogP contribution in [-0.2, 0) is 0 Å². The minimum absolute atomic E-state index is 0.0812. The molecule has 1 heterocycles. The number of benzene rings is 1. The minimum Gasteiger partial charge on any atom is -0.207 e. The van der Waals surface area contributed by atoms with Gasteiger partial charge in [0, 0.05) is 19.6 Å². The fraction of sp³-hybridized carbons (Fsp3) is 0.200. The molecule has 0 saturated heterocycles. The van der Waals surface area contributed by atoms with Crippen LogP contribution in [0.3, 0.4) is 0 Å². The molecule has 2 rings (SSSR count). The van der Waals surface area contributed by atoms with Crippen molar-refractivity contribution in [1.82, 2.24) is 0 Å². The van der Waals surface area contributed by atoms with Crippen molar-refractivity contribution in [3.05, 3.63) is 27.3 Å². The van der Waals surface area contributed by atoms with Crippen molar-refractivity contribution in [2.24, 2.45) is 0 Å². The lowest BCUT2D eigenvalue weighted by atomic mass is 10.2. The Morgan fingerprint density at radius 3 is 2.53 bits per heavy atom. The normalized spacial score (nSPS) is 12.4. The van der Waals surface area contributed by atoms with Crippen LogP contribution in [0.15, 0.2) is 21.5 Å². The van der Waals surface area contributed by atoms with Crippen molar-refractivity contribution >= 4 is 49.1 Å². The standard InChI is InChI=1S/C10H5BrF4S2/c1-4-8(17-10(13,14)15)6-2-5(12)3-7(11)9(6)16-4/h2-3H,1H3. The van der Waals surface area contributed by atoms with E-state index in [2.05, 4.69) is 15.9 Å². The lowest BCUT2D eigenvalue weighted by Gasteiger charge is -2.05. The molecule has 0 radical (unpaired) electrons. The summed E-state index contributed by atoms with van der Waals surface area (Å²) in [5.74, 6) is -0.550. The maximum atomic E-state index is 13.2. The van der Waals surface area contributed by atoms with Gasteiger partial charge in [-0.2, -0.15) is 13.2 Å². The van der Waals surface area contributed by atoms with Crippen LogP contribution in [0.1, 0.15) is 4.88 Å². The molecule has 0 fully saturated rings. The number of hydrogen-bond acceptors (Lipinski definition) is 2. The van der Waals surface area contributed by atoms with E-state index in [-0.39, 0.29) is 16.7 Å². The van der Waals surface area contributed by atoms with Crippen LogP contribution in [0.25, 0.3) is 10.1 Å². The molecular formula is C10H5BrF4S2. The molecule has 0 aliphatic heterocycles. The van der Waals surface area contributed by atoms with Gasteiger partial charge in [0.2, 0.25) is 0 Å². The summed E-state index contributed by atoms with van der Waals surface area (Å²) in [6.45, 7) is 1.60. The topological polar surface area (TPSA) is 0 Å². The zero-order valence-corrected chi connectivity index (χ0v) is 11.6. The van der Waals surface area contributed by atoms with Gasteiger partial charge in [0.15, 0.2) is 0 Å². The highest BCUT2D eigenvalue weighted by atomic mass is 79.9. The van der Waals surface area contributed by atoms with Crippen molar-refractivity contribution < 1.29 is 17.6 Å². The second-order valence-corrected chi connectivity index (χ2v) is 6.45. The zero-order chi connectivity index (χ0) is 12.8. The second-order valence-electron chi connectivity index (χ2n) is 3.30. The lowest BCUT2D eigenvalue weighted by molar-refractivity contribution is -0.0327. The predicted molar refractivity (Wildman–Crippen MR) is 66.1 cm³/mol. The molecule has 0 nitrogen and oxygen atoms in total. The van der Waals surface area contributed by atoms with Crippen LogP contribution in [0.4, 0.5) is 17.6 Å². The Labute approximate surface area is 111 Å². The van der Waals surface area contributed by atoms with Gasteiger partial charge in [0.25, 0.3) is 0 Å². The number of halogens is 5. The molecule has 1 aromatic carbocycles. The summed E-state index contributed by atoms with van der Waals surface area (Å²) >= 11 is 4.18.